The molecule has 1 aliphatic rings. The zero-order valence-corrected chi connectivity index (χ0v) is 7.42. The molecule has 1 fully saturated rings. The van der Waals surface area contributed by atoms with Gasteiger partial charge < -0.3 is 10.6 Å². The highest BCUT2D eigenvalue weighted by molar-refractivity contribution is 5.96. The van der Waals surface area contributed by atoms with Gasteiger partial charge in [-0.2, -0.15) is 0 Å². The number of nitrogens with zero attached hydrogens (tertiary/aromatic N) is 1. The van der Waals surface area contributed by atoms with E-state index in [1.165, 1.54) is 0 Å². The van der Waals surface area contributed by atoms with E-state index in [0.29, 0.717) is 0 Å². The lowest BCUT2D eigenvalue weighted by molar-refractivity contribution is 0.156. The third-order valence-electron chi connectivity index (χ3n) is 1.63. The minimum Gasteiger partial charge on any atom is -0.318 e. The molecule has 1 heterocycles. The van der Waals surface area contributed by atoms with E-state index >= 15 is 0 Å². The fourth-order valence-electron chi connectivity index (χ4n) is 1.11. The maximum Gasteiger partial charge on any atom is 0.327 e. The van der Waals surface area contributed by atoms with Gasteiger partial charge in [0.1, 0.15) is 6.17 Å². The van der Waals surface area contributed by atoms with Crippen LogP contribution in [-0.2, 0) is 0 Å². The van der Waals surface area contributed by atoms with Crippen molar-refractivity contribution in [1.29, 1.82) is 0 Å². The lowest BCUT2D eigenvalue weighted by Crippen LogP contribution is -2.63. The smallest absolute Gasteiger partial charge is 0.318 e. The van der Waals surface area contributed by atoms with Crippen molar-refractivity contribution in [2.24, 2.45) is 0 Å². The molecule has 0 radical (unpaired) electrons. The highest BCUT2D eigenvalue weighted by Gasteiger charge is 2.30. The largest absolute Gasteiger partial charge is 0.327 e. The first-order chi connectivity index (χ1) is 5.52. The van der Waals surface area contributed by atoms with E-state index in [-0.39, 0.29) is 24.3 Å². The van der Waals surface area contributed by atoms with Gasteiger partial charge in [0.15, 0.2) is 0 Å². The molecule has 0 aromatic rings. The molecule has 12 heavy (non-hydrogen) atoms. The number of imide groups is 1. The normalized spacial score (nSPS) is 19.5. The average molecular weight is 171 g/mol. The first-order valence-electron chi connectivity index (χ1n) is 3.92. The van der Waals surface area contributed by atoms with Crippen LogP contribution < -0.4 is 10.6 Å². The lowest BCUT2D eigenvalue weighted by atomic mass is 10.3. The summed E-state index contributed by atoms with van der Waals surface area (Å²) in [6.07, 6.45) is -0.278. The Morgan fingerprint density at radius 3 is 2.00 bits per heavy atom. The van der Waals surface area contributed by atoms with Gasteiger partial charge >= 0.3 is 12.1 Å². The van der Waals surface area contributed by atoms with E-state index in [1.807, 2.05) is 0 Å². The Hall–Kier alpha value is -1.26. The highest BCUT2D eigenvalue weighted by atomic mass is 16.2. The molecule has 1 aliphatic heterocycles. The van der Waals surface area contributed by atoms with Crippen LogP contribution in [0, 0.1) is 0 Å². The first kappa shape index (κ1) is 8.83. The molecule has 0 atom stereocenters. The summed E-state index contributed by atoms with van der Waals surface area (Å²) in [6, 6.07) is -0.778. The molecule has 0 aromatic carbocycles. The van der Waals surface area contributed by atoms with Crippen molar-refractivity contribution in [2.45, 2.75) is 33.0 Å². The first-order valence-corrected chi connectivity index (χ1v) is 3.92. The predicted molar refractivity (Wildman–Crippen MR) is 43.5 cm³/mol. The second-order valence-electron chi connectivity index (χ2n) is 3.08. The minimum atomic E-state index is -0.332. The number of nitrogens with one attached hydrogen (secondary N) is 2. The summed E-state index contributed by atoms with van der Waals surface area (Å²) in [5, 5.41) is 5.19. The Morgan fingerprint density at radius 2 is 1.67 bits per heavy atom. The number of carbonyl (C=O) groups excluding carboxylic acids is 2. The summed E-state index contributed by atoms with van der Waals surface area (Å²) in [7, 11) is 0. The average Bonchev–Trinajstić information content (AvgIpc) is 1.82. The SMILES string of the molecule is CC1NC(=O)N(C(C)C)C(=O)N1. The molecule has 4 amide bonds. The van der Waals surface area contributed by atoms with Crippen molar-refractivity contribution in [3.63, 3.8) is 0 Å². The van der Waals surface area contributed by atoms with Crippen molar-refractivity contribution in [1.82, 2.24) is 15.5 Å². The maximum absolute atomic E-state index is 11.2. The fraction of sp³-hybridized carbons (Fsp3) is 0.714. The van der Waals surface area contributed by atoms with Crippen molar-refractivity contribution in [3.8, 4) is 0 Å². The van der Waals surface area contributed by atoms with E-state index in [9.17, 15) is 9.59 Å². The summed E-state index contributed by atoms with van der Waals surface area (Å²) >= 11 is 0. The van der Waals surface area contributed by atoms with Crippen molar-refractivity contribution >= 4 is 12.1 Å². The molecule has 68 valence electrons. The number of hydrogen-bond acceptors (Lipinski definition) is 2. The van der Waals surface area contributed by atoms with Gasteiger partial charge in [-0.05, 0) is 20.8 Å². The lowest BCUT2D eigenvalue weighted by Gasteiger charge is -2.32. The molecule has 0 bridgehead atoms. The van der Waals surface area contributed by atoms with Crippen LogP contribution in [0.15, 0.2) is 0 Å². The number of rotatable bonds is 1. The third kappa shape index (κ3) is 1.49. The zero-order chi connectivity index (χ0) is 9.30. The van der Waals surface area contributed by atoms with Gasteiger partial charge in [-0.1, -0.05) is 0 Å². The van der Waals surface area contributed by atoms with Crippen LogP contribution in [0.3, 0.4) is 0 Å². The standard InChI is InChI=1S/C7H13N3O2/c1-4(2)10-6(11)8-5(3)9-7(10)12/h4-5H,1-3H3,(H,8,11)(H,9,12). The topological polar surface area (TPSA) is 61.4 Å². The highest BCUT2D eigenvalue weighted by Crippen LogP contribution is 2.03. The van der Waals surface area contributed by atoms with E-state index in [4.69, 9.17) is 0 Å². The number of urea groups is 2. The second kappa shape index (κ2) is 3.00. The van der Waals surface area contributed by atoms with Gasteiger partial charge in [0.25, 0.3) is 0 Å². The van der Waals surface area contributed by atoms with Gasteiger partial charge in [-0.3, -0.25) is 0 Å². The van der Waals surface area contributed by atoms with Gasteiger partial charge in [-0.15, -0.1) is 0 Å². The third-order valence-corrected chi connectivity index (χ3v) is 1.63. The molecule has 0 spiro atoms. The molecule has 1 saturated heterocycles. The van der Waals surface area contributed by atoms with Gasteiger partial charge in [0, 0.05) is 6.04 Å². The second-order valence-corrected chi connectivity index (χ2v) is 3.08. The molecule has 0 aromatic heterocycles. The summed E-state index contributed by atoms with van der Waals surface area (Å²) < 4.78 is 0. The van der Waals surface area contributed by atoms with E-state index < -0.39 is 0 Å². The van der Waals surface area contributed by atoms with Crippen LogP contribution in [0.2, 0.25) is 0 Å². The van der Waals surface area contributed by atoms with Crippen LogP contribution in [-0.4, -0.2) is 29.2 Å². The molecule has 0 saturated carbocycles. The van der Waals surface area contributed by atoms with Gasteiger partial charge in [0.05, 0.1) is 0 Å². The van der Waals surface area contributed by atoms with Crippen LogP contribution >= 0.6 is 0 Å². The molecular formula is C7H13N3O2. The fourth-order valence-corrected chi connectivity index (χ4v) is 1.11. The summed E-state index contributed by atoms with van der Waals surface area (Å²) in [4.78, 5) is 23.6. The number of hydrogen-bond donors (Lipinski definition) is 2. The van der Waals surface area contributed by atoms with E-state index in [0.717, 1.165) is 4.90 Å². The molecule has 2 N–H and O–H groups in total. The number of carbonyl (C=O) groups is 2. The van der Waals surface area contributed by atoms with Crippen LogP contribution in [0.25, 0.3) is 0 Å². The minimum absolute atomic E-state index is 0.113. The zero-order valence-electron chi connectivity index (χ0n) is 7.42. The molecule has 5 nitrogen and oxygen atoms in total. The Balaban J connectivity index is 2.74. The van der Waals surface area contributed by atoms with E-state index in [1.54, 1.807) is 20.8 Å². The maximum atomic E-state index is 11.2. The van der Waals surface area contributed by atoms with Crippen molar-refractivity contribution in [3.05, 3.63) is 0 Å². The molecule has 5 heteroatoms. The monoisotopic (exact) mass is 171 g/mol. The van der Waals surface area contributed by atoms with Crippen molar-refractivity contribution < 1.29 is 9.59 Å². The summed E-state index contributed by atoms with van der Waals surface area (Å²) in [5.41, 5.74) is 0. The number of amides is 4. The Morgan fingerprint density at radius 1 is 1.25 bits per heavy atom. The van der Waals surface area contributed by atoms with Gasteiger partial charge in [0.2, 0.25) is 0 Å². The van der Waals surface area contributed by atoms with Crippen LogP contribution in [0.5, 0.6) is 0 Å². The Labute approximate surface area is 71.1 Å². The van der Waals surface area contributed by atoms with E-state index in [2.05, 4.69) is 10.6 Å². The van der Waals surface area contributed by atoms with Crippen molar-refractivity contribution in [2.75, 3.05) is 0 Å². The Bertz CT molecular complexity index is 197. The predicted octanol–water partition coefficient (Wildman–Crippen LogP) is 0.476. The summed E-state index contributed by atoms with van der Waals surface area (Å²) in [6.45, 7) is 5.29. The summed E-state index contributed by atoms with van der Waals surface area (Å²) in [5.74, 6) is 0. The quantitative estimate of drug-likeness (QED) is 0.602. The molecule has 0 aliphatic carbocycles. The van der Waals surface area contributed by atoms with Crippen LogP contribution in [0.1, 0.15) is 20.8 Å². The Kier molecular flexibility index (Phi) is 2.21. The van der Waals surface area contributed by atoms with Crippen LogP contribution in [0.4, 0.5) is 9.59 Å². The molecule has 0 unspecified atom stereocenters. The van der Waals surface area contributed by atoms with Gasteiger partial charge in [-0.25, -0.2) is 14.5 Å². The molecule has 1 rings (SSSR count). The molecular weight excluding hydrogens is 158 g/mol.